The number of thiocarbonyl (C=S) groups is 1. The maximum absolute atomic E-state index is 10.3. The molecule has 0 bridgehead atoms. The minimum absolute atomic E-state index is 0.0477. The zero-order valence-corrected chi connectivity index (χ0v) is 8.49. The SMILES string of the molecule is O=S(=O)(O)CCC(=S)NNCCO. The van der Waals surface area contributed by atoms with Crippen LogP contribution in [0.1, 0.15) is 6.42 Å². The van der Waals surface area contributed by atoms with Crippen molar-refractivity contribution in [3.63, 3.8) is 0 Å². The van der Waals surface area contributed by atoms with Gasteiger partial charge in [-0.25, -0.2) is 5.43 Å². The van der Waals surface area contributed by atoms with Crippen molar-refractivity contribution >= 4 is 27.3 Å². The van der Waals surface area contributed by atoms with Gasteiger partial charge in [-0.05, 0) is 0 Å². The van der Waals surface area contributed by atoms with E-state index in [4.69, 9.17) is 21.9 Å². The Balaban J connectivity index is 3.53. The van der Waals surface area contributed by atoms with Crippen LogP contribution in [0.25, 0.3) is 0 Å². The highest BCUT2D eigenvalue weighted by atomic mass is 32.2. The number of hydrogen-bond acceptors (Lipinski definition) is 5. The zero-order chi connectivity index (χ0) is 10.3. The van der Waals surface area contributed by atoms with Crippen molar-refractivity contribution in [3.05, 3.63) is 0 Å². The van der Waals surface area contributed by atoms with Gasteiger partial charge in [0.2, 0.25) is 0 Å². The smallest absolute Gasteiger partial charge is 0.265 e. The molecule has 0 amide bonds. The summed E-state index contributed by atoms with van der Waals surface area (Å²) in [6.45, 7) is 0.264. The first-order valence-corrected chi connectivity index (χ1v) is 5.55. The van der Waals surface area contributed by atoms with Crippen LogP contribution in [0, 0.1) is 0 Å². The maximum Gasteiger partial charge on any atom is 0.265 e. The standard InChI is InChI=1S/C5H12N2O4S2/c8-3-2-6-7-5(12)1-4-13(9,10)11/h6,8H,1-4H2,(H,7,12)(H,9,10,11). The molecule has 0 aliphatic heterocycles. The van der Waals surface area contributed by atoms with E-state index in [1.54, 1.807) is 0 Å². The van der Waals surface area contributed by atoms with Crippen molar-refractivity contribution in [2.45, 2.75) is 6.42 Å². The summed E-state index contributed by atoms with van der Waals surface area (Å²) >= 11 is 4.70. The summed E-state index contributed by atoms with van der Waals surface area (Å²) in [6.07, 6.45) is 0.0482. The van der Waals surface area contributed by atoms with Crippen molar-refractivity contribution < 1.29 is 18.1 Å². The monoisotopic (exact) mass is 228 g/mol. The minimum atomic E-state index is -3.95. The van der Waals surface area contributed by atoms with E-state index in [1.807, 2.05) is 0 Å². The number of aliphatic hydroxyl groups is 1. The average molecular weight is 228 g/mol. The molecule has 0 aromatic rings. The number of rotatable bonds is 6. The number of aliphatic hydroxyl groups excluding tert-OH is 1. The minimum Gasteiger partial charge on any atom is -0.395 e. The van der Waals surface area contributed by atoms with Gasteiger partial charge in [0, 0.05) is 13.0 Å². The van der Waals surface area contributed by atoms with Crippen LogP contribution in [0.15, 0.2) is 0 Å². The molecule has 0 aliphatic carbocycles. The normalized spacial score (nSPS) is 11.2. The number of nitrogens with one attached hydrogen (secondary N) is 2. The lowest BCUT2D eigenvalue weighted by Crippen LogP contribution is -2.38. The van der Waals surface area contributed by atoms with Crippen molar-refractivity contribution in [1.82, 2.24) is 10.9 Å². The molecule has 4 N–H and O–H groups in total. The van der Waals surface area contributed by atoms with Crippen molar-refractivity contribution in [1.29, 1.82) is 0 Å². The molecule has 0 spiro atoms. The predicted octanol–water partition coefficient (Wildman–Crippen LogP) is -1.32. The molecule has 0 aliphatic rings. The summed E-state index contributed by atoms with van der Waals surface area (Å²) in [7, 11) is -3.95. The second kappa shape index (κ2) is 6.22. The van der Waals surface area contributed by atoms with Gasteiger partial charge in [0.1, 0.15) is 0 Å². The van der Waals surface area contributed by atoms with Gasteiger partial charge in [0.25, 0.3) is 10.1 Å². The Kier molecular flexibility index (Phi) is 6.08. The molecule has 0 saturated carbocycles. The van der Waals surface area contributed by atoms with Gasteiger partial charge in [0.05, 0.1) is 17.3 Å². The largest absolute Gasteiger partial charge is 0.395 e. The van der Waals surface area contributed by atoms with Crippen molar-refractivity contribution in [2.24, 2.45) is 0 Å². The first-order valence-electron chi connectivity index (χ1n) is 3.53. The van der Waals surface area contributed by atoms with Crippen LogP contribution < -0.4 is 10.9 Å². The number of hydrogen-bond donors (Lipinski definition) is 4. The maximum atomic E-state index is 10.3. The Hall–Kier alpha value is -0.280. The van der Waals surface area contributed by atoms with Crippen LogP contribution in [-0.4, -0.2) is 42.0 Å². The lowest BCUT2D eigenvalue weighted by atomic mass is 10.5. The second-order valence-electron chi connectivity index (χ2n) is 2.23. The molecular weight excluding hydrogens is 216 g/mol. The highest BCUT2D eigenvalue weighted by Gasteiger charge is 2.05. The van der Waals surface area contributed by atoms with Gasteiger partial charge in [-0.1, -0.05) is 12.2 Å². The fourth-order valence-corrected chi connectivity index (χ4v) is 1.27. The first-order chi connectivity index (χ1) is 5.95. The molecule has 0 rings (SSSR count). The molecule has 8 heteroatoms. The second-order valence-corrected chi connectivity index (χ2v) is 4.30. The summed E-state index contributed by atoms with van der Waals surface area (Å²) in [5.41, 5.74) is 5.06. The van der Waals surface area contributed by atoms with E-state index in [0.29, 0.717) is 6.54 Å². The summed E-state index contributed by atoms with van der Waals surface area (Å²) < 4.78 is 28.9. The van der Waals surface area contributed by atoms with Crippen LogP contribution in [0.2, 0.25) is 0 Å². The van der Waals surface area contributed by atoms with E-state index in [0.717, 1.165) is 0 Å². The quantitative estimate of drug-likeness (QED) is 0.194. The average Bonchev–Trinajstić information content (AvgIpc) is 2.00. The van der Waals surface area contributed by atoms with Crippen LogP contribution >= 0.6 is 12.2 Å². The van der Waals surface area contributed by atoms with E-state index in [-0.39, 0.29) is 18.0 Å². The third-order valence-electron chi connectivity index (χ3n) is 1.05. The Morgan fingerprint density at radius 2 is 2.08 bits per heavy atom. The summed E-state index contributed by atoms with van der Waals surface area (Å²) in [5, 5.41) is 8.36. The third kappa shape index (κ3) is 9.64. The lowest BCUT2D eigenvalue weighted by Gasteiger charge is -2.06. The van der Waals surface area contributed by atoms with Crippen LogP contribution in [-0.2, 0) is 10.1 Å². The molecule has 0 unspecified atom stereocenters. The molecule has 0 aromatic carbocycles. The Morgan fingerprint density at radius 1 is 1.46 bits per heavy atom. The van der Waals surface area contributed by atoms with E-state index in [1.165, 1.54) is 0 Å². The lowest BCUT2D eigenvalue weighted by molar-refractivity contribution is 0.289. The van der Waals surface area contributed by atoms with Crippen molar-refractivity contribution in [3.8, 4) is 0 Å². The van der Waals surface area contributed by atoms with Gasteiger partial charge < -0.3 is 10.5 Å². The third-order valence-corrected chi connectivity index (χ3v) is 2.08. The molecule has 0 radical (unpaired) electrons. The molecule has 0 atom stereocenters. The van der Waals surface area contributed by atoms with E-state index in [2.05, 4.69) is 10.9 Å². The predicted molar refractivity (Wildman–Crippen MR) is 51.9 cm³/mol. The van der Waals surface area contributed by atoms with E-state index >= 15 is 0 Å². The Labute approximate surface area is 82.1 Å². The summed E-state index contributed by atoms with van der Waals surface area (Å²) in [6, 6.07) is 0. The fraction of sp³-hybridized carbons (Fsp3) is 0.800. The molecule has 78 valence electrons. The molecule has 0 saturated heterocycles. The topological polar surface area (TPSA) is 98.7 Å². The van der Waals surface area contributed by atoms with Gasteiger partial charge in [0.15, 0.2) is 0 Å². The van der Waals surface area contributed by atoms with Crippen LogP contribution in [0.4, 0.5) is 0 Å². The van der Waals surface area contributed by atoms with E-state index in [9.17, 15) is 8.42 Å². The highest BCUT2D eigenvalue weighted by molar-refractivity contribution is 7.86. The van der Waals surface area contributed by atoms with Gasteiger partial charge in [-0.3, -0.25) is 4.55 Å². The van der Waals surface area contributed by atoms with Gasteiger partial charge >= 0.3 is 0 Å². The van der Waals surface area contributed by atoms with Crippen LogP contribution in [0.3, 0.4) is 0 Å². The van der Waals surface area contributed by atoms with E-state index < -0.39 is 15.9 Å². The van der Waals surface area contributed by atoms with Gasteiger partial charge in [-0.2, -0.15) is 8.42 Å². The first kappa shape index (κ1) is 12.7. The van der Waals surface area contributed by atoms with Crippen LogP contribution in [0.5, 0.6) is 0 Å². The highest BCUT2D eigenvalue weighted by Crippen LogP contribution is 1.89. The Bertz CT molecular complexity index is 251. The summed E-state index contributed by atoms with van der Waals surface area (Å²) in [4.78, 5) is 0.270. The molecule has 6 nitrogen and oxygen atoms in total. The molecular formula is C5H12N2O4S2. The fourth-order valence-electron chi connectivity index (χ4n) is 0.501. The Morgan fingerprint density at radius 3 is 2.54 bits per heavy atom. The van der Waals surface area contributed by atoms with Crippen molar-refractivity contribution in [2.75, 3.05) is 18.9 Å². The zero-order valence-electron chi connectivity index (χ0n) is 6.86. The molecule has 0 aromatic heterocycles. The molecule has 0 heterocycles. The summed E-state index contributed by atoms with van der Waals surface area (Å²) in [5.74, 6) is -0.403. The molecule has 13 heavy (non-hydrogen) atoms. The number of hydrazine groups is 1. The van der Waals surface area contributed by atoms with Gasteiger partial charge in [-0.15, -0.1) is 0 Å². The molecule has 0 fully saturated rings.